The van der Waals surface area contributed by atoms with E-state index < -0.39 is 17.8 Å². The summed E-state index contributed by atoms with van der Waals surface area (Å²) in [5.41, 5.74) is 5.69. The zero-order chi connectivity index (χ0) is 17.4. The first-order valence-electron chi connectivity index (χ1n) is 6.98. The lowest BCUT2D eigenvalue weighted by molar-refractivity contribution is 0.0996. The average Bonchev–Trinajstić information content (AvgIpc) is 2.97. The molecule has 0 aliphatic rings. The molecular weight excluding hydrogens is 337 g/mol. The Morgan fingerprint density at radius 2 is 2.12 bits per heavy atom. The van der Waals surface area contributed by atoms with Gasteiger partial charge < -0.3 is 21.0 Å². The van der Waals surface area contributed by atoms with Crippen LogP contribution in [-0.4, -0.2) is 20.9 Å². The van der Waals surface area contributed by atoms with E-state index in [2.05, 4.69) is 20.3 Å². The second-order valence-corrected chi connectivity index (χ2v) is 5.69. The summed E-state index contributed by atoms with van der Waals surface area (Å²) in [4.78, 5) is 32.6. The quantitative estimate of drug-likeness (QED) is 0.578. The van der Waals surface area contributed by atoms with Gasteiger partial charge in [-0.05, 0) is 25.1 Å². The first-order chi connectivity index (χ1) is 11.3. The fourth-order valence-electron chi connectivity index (χ4n) is 2.34. The van der Waals surface area contributed by atoms with Gasteiger partial charge in [0.2, 0.25) is 5.95 Å². The van der Waals surface area contributed by atoms with Crippen LogP contribution in [0.5, 0.6) is 0 Å². The first kappa shape index (κ1) is 16.0. The van der Waals surface area contributed by atoms with Crippen molar-refractivity contribution < 1.29 is 9.18 Å². The predicted octanol–water partition coefficient (Wildman–Crippen LogP) is 2.32. The fraction of sp³-hybridized carbons (Fsp3) is 0.133. The number of anilines is 1. The van der Waals surface area contributed by atoms with Crippen molar-refractivity contribution in [2.45, 2.75) is 13.0 Å². The topological polar surface area (TPSA) is 117 Å². The summed E-state index contributed by atoms with van der Waals surface area (Å²) in [7, 11) is 0. The number of rotatable bonds is 4. The third kappa shape index (κ3) is 2.95. The van der Waals surface area contributed by atoms with Crippen LogP contribution < -0.4 is 16.6 Å². The fourth-order valence-corrected chi connectivity index (χ4v) is 2.51. The number of amides is 1. The molecule has 0 spiro atoms. The van der Waals surface area contributed by atoms with E-state index in [9.17, 15) is 14.0 Å². The van der Waals surface area contributed by atoms with Gasteiger partial charge in [0.15, 0.2) is 0 Å². The zero-order valence-corrected chi connectivity index (χ0v) is 13.2. The van der Waals surface area contributed by atoms with Crippen LogP contribution >= 0.6 is 11.6 Å². The highest BCUT2D eigenvalue weighted by Crippen LogP contribution is 2.23. The van der Waals surface area contributed by atoms with Crippen LogP contribution in [0, 0.1) is 5.82 Å². The van der Waals surface area contributed by atoms with Crippen LogP contribution in [-0.2, 0) is 0 Å². The van der Waals surface area contributed by atoms with Crippen LogP contribution in [0.4, 0.5) is 10.3 Å². The second-order valence-electron chi connectivity index (χ2n) is 5.28. The van der Waals surface area contributed by atoms with Gasteiger partial charge in [0.25, 0.3) is 11.5 Å². The Bertz CT molecular complexity index is 997. The molecule has 7 nitrogen and oxygen atoms in total. The van der Waals surface area contributed by atoms with E-state index in [4.69, 9.17) is 17.3 Å². The Hall–Kier alpha value is -2.87. The van der Waals surface area contributed by atoms with Crippen molar-refractivity contribution >= 4 is 34.4 Å². The minimum Gasteiger partial charge on any atom is -0.364 e. The van der Waals surface area contributed by atoms with Gasteiger partial charge in [-0.25, -0.2) is 9.37 Å². The standard InChI is InChI=1S/C15H13ClFN5O2/c1-6(20-15-19-5-12(22-15)13(18)23)8-2-7-3-9(16)10(17)4-11(7)21-14(8)24/h2-6H,1H3,(H2,18,23)(H,21,24)(H2,19,20,22). The van der Waals surface area contributed by atoms with Gasteiger partial charge in [-0.15, -0.1) is 0 Å². The number of carbonyl (C=O) groups is 1. The number of nitrogens with zero attached hydrogens (tertiary/aromatic N) is 1. The van der Waals surface area contributed by atoms with Crippen LogP contribution in [0.15, 0.2) is 29.2 Å². The summed E-state index contributed by atoms with van der Waals surface area (Å²) < 4.78 is 13.5. The van der Waals surface area contributed by atoms with E-state index >= 15 is 0 Å². The number of fused-ring (bicyclic) bond motifs is 1. The Labute approximate surface area is 140 Å². The summed E-state index contributed by atoms with van der Waals surface area (Å²) >= 11 is 5.78. The molecule has 2 aromatic heterocycles. The highest BCUT2D eigenvalue weighted by atomic mass is 35.5. The molecule has 0 saturated carbocycles. The lowest BCUT2D eigenvalue weighted by Gasteiger charge is -2.13. The number of carbonyl (C=O) groups excluding carboxylic acids is 1. The molecule has 0 fully saturated rings. The number of primary amides is 1. The smallest absolute Gasteiger partial charge is 0.266 e. The van der Waals surface area contributed by atoms with E-state index in [1.165, 1.54) is 18.3 Å². The van der Waals surface area contributed by atoms with E-state index in [0.717, 1.165) is 0 Å². The first-order valence-corrected chi connectivity index (χ1v) is 7.36. The van der Waals surface area contributed by atoms with Crippen LogP contribution in [0.3, 0.4) is 0 Å². The van der Waals surface area contributed by atoms with E-state index in [1.54, 1.807) is 13.0 Å². The van der Waals surface area contributed by atoms with E-state index in [-0.39, 0.29) is 16.3 Å². The minimum absolute atomic E-state index is 0.0294. The number of pyridine rings is 1. The predicted molar refractivity (Wildman–Crippen MR) is 88.7 cm³/mol. The van der Waals surface area contributed by atoms with Gasteiger partial charge in [0.05, 0.1) is 22.8 Å². The molecule has 124 valence electrons. The molecule has 0 aliphatic carbocycles. The molecule has 1 atom stereocenters. The molecule has 1 amide bonds. The molecule has 0 saturated heterocycles. The van der Waals surface area contributed by atoms with Crippen LogP contribution in [0.25, 0.3) is 10.9 Å². The van der Waals surface area contributed by atoms with Crippen LogP contribution in [0.1, 0.15) is 29.0 Å². The van der Waals surface area contributed by atoms with Gasteiger partial charge in [0, 0.05) is 10.9 Å². The molecule has 0 bridgehead atoms. The number of aromatic nitrogens is 3. The number of nitrogens with one attached hydrogen (secondary N) is 3. The van der Waals surface area contributed by atoms with Gasteiger partial charge in [-0.2, -0.15) is 0 Å². The van der Waals surface area contributed by atoms with E-state index in [1.807, 2.05) is 0 Å². The van der Waals surface area contributed by atoms with Crippen molar-refractivity contribution in [1.82, 2.24) is 15.0 Å². The Morgan fingerprint density at radius 3 is 2.79 bits per heavy atom. The maximum Gasteiger partial charge on any atom is 0.266 e. The number of hydrogen-bond donors (Lipinski definition) is 4. The molecule has 0 aliphatic heterocycles. The van der Waals surface area contributed by atoms with Crippen LogP contribution in [0.2, 0.25) is 5.02 Å². The van der Waals surface area contributed by atoms with Crippen molar-refractivity contribution in [3.05, 3.63) is 56.8 Å². The highest BCUT2D eigenvalue weighted by molar-refractivity contribution is 6.31. The molecule has 1 unspecified atom stereocenters. The monoisotopic (exact) mass is 349 g/mol. The Kier molecular flexibility index (Phi) is 3.98. The molecule has 24 heavy (non-hydrogen) atoms. The Morgan fingerprint density at radius 1 is 1.38 bits per heavy atom. The number of imidazole rings is 1. The molecule has 0 radical (unpaired) electrons. The molecule has 9 heteroatoms. The molecule has 1 aromatic carbocycles. The number of benzene rings is 1. The SMILES string of the molecule is CC(Nc1ncc(C(N)=O)[nH]1)c1cc2cc(Cl)c(F)cc2[nH]c1=O. The molecule has 5 N–H and O–H groups in total. The van der Waals surface area contributed by atoms with Gasteiger partial charge in [-0.3, -0.25) is 9.59 Å². The summed E-state index contributed by atoms with van der Waals surface area (Å²) in [6.07, 6.45) is 1.30. The normalized spacial score (nSPS) is 12.3. The van der Waals surface area contributed by atoms with Crippen molar-refractivity contribution in [2.24, 2.45) is 5.73 Å². The maximum absolute atomic E-state index is 13.5. The number of nitrogens with two attached hydrogens (primary N) is 1. The third-order valence-electron chi connectivity index (χ3n) is 3.57. The highest BCUT2D eigenvalue weighted by Gasteiger charge is 2.14. The summed E-state index contributed by atoms with van der Waals surface area (Å²) in [5, 5.41) is 3.53. The number of H-pyrrole nitrogens is 2. The molecule has 3 rings (SSSR count). The average molecular weight is 350 g/mol. The maximum atomic E-state index is 13.5. The van der Waals surface area contributed by atoms with Gasteiger partial charge >= 0.3 is 0 Å². The second kappa shape index (κ2) is 5.97. The number of hydrogen-bond acceptors (Lipinski definition) is 4. The Balaban J connectivity index is 1.95. The molecule has 3 aromatic rings. The minimum atomic E-state index is -0.636. The molecule has 2 heterocycles. The van der Waals surface area contributed by atoms with E-state index in [0.29, 0.717) is 22.4 Å². The van der Waals surface area contributed by atoms with Crippen molar-refractivity contribution in [3.63, 3.8) is 0 Å². The summed E-state index contributed by atoms with van der Waals surface area (Å²) in [5.74, 6) is -0.940. The number of aromatic amines is 2. The van der Waals surface area contributed by atoms with Crippen molar-refractivity contribution in [3.8, 4) is 0 Å². The molecular formula is C15H13ClFN5O2. The third-order valence-corrected chi connectivity index (χ3v) is 3.86. The summed E-state index contributed by atoms with van der Waals surface area (Å²) in [6.45, 7) is 1.74. The van der Waals surface area contributed by atoms with Crippen molar-refractivity contribution in [2.75, 3.05) is 5.32 Å². The zero-order valence-electron chi connectivity index (χ0n) is 12.5. The largest absolute Gasteiger partial charge is 0.364 e. The van der Waals surface area contributed by atoms with Crippen molar-refractivity contribution in [1.29, 1.82) is 0 Å². The lowest BCUT2D eigenvalue weighted by Crippen LogP contribution is -2.20. The van der Waals surface area contributed by atoms with Gasteiger partial charge in [-0.1, -0.05) is 11.6 Å². The van der Waals surface area contributed by atoms with Gasteiger partial charge in [0.1, 0.15) is 11.5 Å². The summed E-state index contributed by atoms with van der Waals surface area (Å²) in [6, 6.07) is 3.80. The number of halogens is 2. The lowest BCUT2D eigenvalue weighted by atomic mass is 10.1.